The number of carbonyl (C=O) groups is 3. The third-order valence-corrected chi connectivity index (χ3v) is 16.1. The number of aromatic nitrogens is 2. The number of ketones is 1. The van der Waals surface area contributed by atoms with Gasteiger partial charge in [0.05, 0.1) is 37.6 Å². The fourth-order valence-corrected chi connectivity index (χ4v) is 11.2. The molecule has 0 aromatic carbocycles. The van der Waals surface area contributed by atoms with Gasteiger partial charge in [0.25, 0.3) is 0 Å². The highest BCUT2D eigenvalue weighted by Gasteiger charge is 2.45. The molecule has 9 N–H and O–H groups in total. The summed E-state index contributed by atoms with van der Waals surface area (Å²) in [7, 11) is -11.4. The van der Waals surface area contributed by atoms with Crippen molar-refractivity contribution in [2.45, 2.75) is 230 Å². The first kappa shape index (κ1) is 66.3. The van der Waals surface area contributed by atoms with Crippen molar-refractivity contribution in [1.82, 2.24) is 9.55 Å². The Balaban J connectivity index is 1.79. The zero-order valence-electron chi connectivity index (χ0n) is 44.4. The summed E-state index contributed by atoms with van der Waals surface area (Å²) in [4.78, 5) is 78.0. The van der Waals surface area contributed by atoms with Crippen LogP contribution in [0.2, 0.25) is 0 Å². The monoisotopic (exact) mass is 1110 g/mol. The van der Waals surface area contributed by atoms with E-state index in [1.807, 2.05) is 6.92 Å². The lowest BCUT2D eigenvalue weighted by Gasteiger charge is -2.40. The van der Waals surface area contributed by atoms with Gasteiger partial charge in [-0.1, -0.05) is 136 Å². The van der Waals surface area contributed by atoms with Crippen molar-refractivity contribution in [3.05, 3.63) is 34.9 Å². The standard InChI is InChI=1S/C51H89N3O19P2/c1-4-5-17-23-37(55)27-28-40-42(57)32-43(58)41-31-38(56)24-20-21-25-46(59)68-33-39(71-47(60)26-19-16-14-12-10-8-6-7-9-11-13-15-18-22-36(2)3)34-69-74(64,65)73-75(66,67)70-35-44(49(62)48(40)61)72-50(41)54-30-29-45(52)53-51(54)63/h27-30,36-37,39-44,48-50,55,57-58,61-62H,4-26,31-35H2,1-3H3,(H,64,65)(H,66,67)(H2,52,53,63)/b28-27+/t37-,39+,40-,41-,42+,43-,44+,48-,49+,50+/m0/s1. The highest BCUT2D eigenvalue weighted by Crippen LogP contribution is 2.60. The number of fused-ring (bicyclic) bond motifs is 3. The van der Waals surface area contributed by atoms with Crippen LogP contribution in [0.15, 0.2) is 29.2 Å². The molecule has 2 aliphatic rings. The number of unbranched alkanes of at least 4 members (excludes halogenated alkanes) is 14. The quantitative estimate of drug-likeness (QED) is 0.0223. The normalized spacial score (nSPS) is 29.9. The Hall–Kier alpha value is -2.95. The summed E-state index contributed by atoms with van der Waals surface area (Å²) in [6, 6.07) is 1.18. The second-order valence-corrected chi connectivity index (χ2v) is 23.6. The molecule has 22 nitrogen and oxygen atoms in total. The lowest BCUT2D eigenvalue weighted by Crippen LogP contribution is -2.52. The molecule has 1 aromatic heterocycles. The average Bonchev–Trinajstić information content (AvgIpc) is 3.33. The van der Waals surface area contributed by atoms with Gasteiger partial charge in [-0.15, -0.1) is 0 Å². The molecule has 3 rings (SSSR count). The van der Waals surface area contributed by atoms with Crippen LogP contribution in [-0.4, -0.2) is 125 Å². The van der Waals surface area contributed by atoms with E-state index in [0.717, 1.165) is 61.6 Å². The molecule has 3 heterocycles. The van der Waals surface area contributed by atoms with Crippen LogP contribution >= 0.6 is 15.6 Å². The van der Waals surface area contributed by atoms with Crippen LogP contribution in [0.25, 0.3) is 0 Å². The van der Waals surface area contributed by atoms with Crippen molar-refractivity contribution in [2.75, 3.05) is 25.6 Å². The summed E-state index contributed by atoms with van der Waals surface area (Å²) in [6.45, 7) is 3.62. The van der Waals surface area contributed by atoms with Gasteiger partial charge < -0.3 is 55.3 Å². The van der Waals surface area contributed by atoms with Crippen molar-refractivity contribution < 1.29 is 86.4 Å². The summed E-state index contributed by atoms with van der Waals surface area (Å²) in [5.41, 5.74) is 4.67. The number of nitrogens with two attached hydrogens (primary N) is 1. The van der Waals surface area contributed by atoms with E-state index < -0.39 is 133 Å². The van der Waals surface area contributed by atoms with Crippen molar-refractivity contribution in [3.8, 4) is 0 Å². The Morgan fingerprint density at radius 3 is 2.01 bits per heavy atom. The third-order valence-electron chi connectivity index (χ3n) is 13.5. The molecule has 1 aromatic rings. The molecule has 2 unspecified atom stereocenters. The van der Waals surface area contributed by atoms with E-state index in [1.54, 1.807) is 0 Å². The molecule has 432 valence electrons. The maximum atomic E-state index is 13.7. The third kappa shape index (κ3) is 27.0. The topological polar surface area (TPSA) is 343 Å². The van der Waals surface area contributed by atoms with Crippen molar-refractivity contribution in [1.29, 1.82) is 0 Å². The smallest absolute Gasteiger partial charge is 0.462 e. The molecule has 2 bridgehead atoms. The lowest BCUT2D eigenvalue weighted by molar-refractivity contribution is -0.196. The molecule has 75 heavy (non-hydrogen) atoms. The molecule has 0 aliphatic carbocycles. The lowest BCUT2D eigenvalue weighted by atomic mass is 9.82. The Morgan fingerprint density at radius 1 is 0.813 bits per heavy atom. The number of nitrogens with zero attached hydrogens (tertiary/aromatic N) is 2. The van der Waals surface area contributed by atoms with E-state index in [4.69, 9.17) is 29.0 Å². The fraction of sp³-hybridized carbons (Fsp3) is 0.824. The molecular formula is C51H89N3O19P2. The molecule has 24 heteroatoms. The molecule has 12 atom stereocenters. The van der Waals surface area contributed by atoms with Gasteiger partial charge in [0.1, 0.15) is 36.6 Å². The van der Waals surface area contributed by atoms with Crippen molar-refractivity contribution in [2.24, 2.45) is 17.8 Å². The molecule has 0 amide bonds. The first-order valence-corrected chi connectivity index (χ1v) is 30.2. The van der Waals surface area contributed by atoms with Crippen LogP contribution in [0.4, 0.5) is 5.82 Å². The largest absolute Gasteiger partial charge is 0.481 e. The molecule has 0 saturated carbocycles. The fourth-order valence-electron chi connectivity index (χ4n) is 9.13. The average molecular weight is 1110 g/mol. The summed E-state index contributed by atoms with van der Waals surface area (Å²) in [5, 5.41) is 57.5. The van der Waals surface area contributed by atoms with Crippen molar-refractivity contribution in [3.63, 3.8) is 0 Å². The number of ether oxygens (including phenoxy) is 3. The zero-order chi connectivity index (χ0) is 55.4. The number of anilines is 1. The number of phosphoric acid groups is 2. The number of hydrogen-bond donors (Lipinski definition) is 8. The van der Waals surface area contributed by atoms with E-state index in [0.29, 0.717) is 19.3 Å². The molecule has 2 fully saturated rings. The number of aliphatic hydroxyl groups excluding tert-OH is 5. The van der Waals surface area contributed by atoms with Gasteiger partial charge in [-0.05, 0) is 37.7 Å². The number of nitrogen functional groups attached to an aromatic ring is 1. The molecule has 0 spiro atoms. The molecule has 2 aliphatic heterocycles. The second-order valence-electron chi connectivity index (χ2n) is 20.5. The van der Waals surface area contributed by atoms with Gasteiger partial charge in [-0.2, -0.15) is 9.29 Å². The van der Waals surface area contributed by atoms with E-state index in [1.165, 1.54) is 69.6 Å². The summed E-state index contributed by atoms with van der Waals surface area (Å²) < 4.78 is 58.9. The van der Waals surface area contributed by atoms with Crippen LogP contribution < -0.4 is 11.4 Å². The number of cyclic esters (lactones) is 1. The minimum absolute atomic E-state index is 0.0222. The molecule has 2 saturated heterocycles. The van der Waals surface area contributed by atoms with Crippen molar-refractivity contribution >= 4 is 39.2 Å². The van der Waals surface area contributed by atoms with Gasteiger partial charge in [0.2, 0.25) is 0 Å². The molecule has 0 radical (unpaired) electrons. The maximum Gasteiger partial charge on any atom is 0.481 e. The van der Waals surface area contributed by atoms with Crippen LogP contribution in [0.5, 0.6) is 0 Å². The Bertz CT molecular complexity index is 2010. The summed E-state index contributed by atoms with van der Waals surface area (Å²) in [5.74, 6) is -4.41. The van der Waals surface area contributed by atoms with E-state index in [-0.39, 0.29) is 37.9 Å². The van der Waals surface area contributed by atoms with E-state index in [9.17, 15) is 63.6 Å². The second kappa shape index (κ2) is 35.5. The van der Waals surface area contributed by atoms with Crippen LogP contribution in [-0.2, 0) is 51.1 Å². The van der Waals surface area contributed by atoms with E-state index in [2.05, 4.69) is 23.1 Å². The number of aliphatic hydroxyl groups is 5. The predicted octanol–water partition coefficient (Wildman–Crippen LogP) is 7.03. The maximum absolute atomic E-state index is 13.7. The van der Waals surface area contributed by atoms with Gasteiger partial charge in [-0.3, -0.25) is 28.0 Å². The Morgan fingerprint density at radius 2 is 1.40 bits per heavy atom. The summed E-state index contributed by atoms with van der Waals surface area (Å²) >= 11 is 0. The molecular weight excluding hydrogens is 1020 g/mol. The number of phosphoric ester groups is 2. The number of carbonyl (C=O) groups excluding carboxylic acids is 3. The van der Waals surface area contributed by atoms with Crippen LogP contribution in [0.3, 0.4) is 0 Å². The van der Waals surface area contributed by atoms with Gasteiger partial charge in [0, 0.05) is 50.1 Å². The first-order chi connectivity index (χ1) is 35.6. The highest BCUT2D eigenvalue weighted by molar-refractivity contribution is 7.61. The number of hydrogen-bond acceptors (Lipinski definition) is 19. The zero-order valence-corrected chi connectivity index (χ0v) is 46.1. The van der Waals surface area contributed by atoms with Gasteiger partial charge >= 0.3 is 33.3 Å². The minimum Gasteiger partial charge on any atom is -0.462 e. The number of Topliss-reactive ketones (excluding diaryl/α,β-unsaturated/α-hetero) is 1. The first-order valence-electron chi connectivity index (χ1n) is 27.2. The highest BCUT2D eigenvalue weighted by atomic mass is 31.3. The van der Waals surface area contributed by atoms with Crippen LogP contribution in [0, 0.1) is 17.8 Å². The van der Waals surface area contributed by atoms with E-state index >= 15 is 0 Å². The minimum atomic E-state index is -5.76. The predicted molar refractivity (Wildman–Crippen MR) is 277 cm³/mol. The summed E-state index contributed by atoms with van der Waals surface area (Å²) in [6.07, 6.45) is 6.54. The van der Waals surface area contributed by atoms with Gasteiger partial charge in [-0.25, -0.2) is 13.9 Å². The van der Waals surface area contributed by atoms with Gasteiger partial charge in [0.15, 0.2) is 6.10 Å². The number of esters is 2. The van der Waals surface area contributed by atoms with Crippen LogP contribution in [0.1, 0.15) is 188 Å². The number of rotatable bonds is 24. The Kier molecular flexibility index (Phi) is 31.4. The SMILES string of the molecule is CCCCC[C@H](O)/C=C/[C@@H]1[C@H](O)[C@H](O)[C@H]2COP(=O)(O)OP(=O)(O)OC[C@H](OC(=O)CCCCCCCCCCCCCCCC(C)C)COC(=O)CCCCC(=O)C[C@H]([C@H](n3ccc(N)nc3=O)O2)[C@@H](O)C[C@H]1O. The Labute approximate surface area is 442 Å².